The van der Waals surface area contributed by atoms with Gasteiger partial charge in [0.15, 0.2) is 11.6 Å². The number of hydrogen-bond donors (Lipinski definition) is 3. The molecule has 29 heavy (non-hydrogen) atoms. The average molecular weight is 407 g/mol. The maximum atomic E-state index is 9.04. The third kappa shape index (κ3) is 6.34. The van der Waals surface area contributed by atoms with Crippen LogP contribution in [0.5, 0.6) is 6.01 Å². The lowest BCUT2D eigenvalue weighted by Gasteiger charge is -2.31. The maximum Gasteiger partial charge on any atom is 0.320 e. The Kier molecular flexibility index (Phi) is 8.61. The molecule has 0 atom stereocenters. The summed E-state index contributed by atoms with van der Waals surface area (Å²) in [6.07, 6.45) is 9.63. The zero-order valence-electron chi connectivity index (χ0n) is 17.9. The molecular weight excluding hydrogens is 368 g/mol. The molecule has 1 fully saturated rings. The first-order valence-corrected chi connectivity index (χ1v) is 11.3. The number of nitrogens with one attached hydrogen (secondary N) is 1. The Morgan fingerprint density at radius 1 is 1.14 bits per heavy atom. The van der Waals surface area contributed by atoms with Crippen molar-refractivity contribution in [1.29, 1.82) is 0 Å². The van der Waals surface area contributed by atoms with E-state index in [1.807, 2.05) is 0 Å². The van der Waals surface area contributed by atoms with Crippen LogP contribution in [-0.2, 0) is 0 Å². The van der Waals surface area contributed by atoms with E-state index >= 15 is 0 Å². The zero-order valence-corrected chi connectivity index (χ0v) is 17.9. The predicted molar refractivity (Wildman–Crippen MR) is 117 cm³/mol. The van der Waals surface area contributed by atoms with Crippen molar-refractivity contribution in [3.63, 3.8) is 0 Å². The summed E-state index contributed by atoms with van der Waals surface area (Å²) in [5.41, 5.74) is 6.92. The van der Waals surface area contributed by atoms with Crippen molar-refractivity contribution in [1.82, 2.24) is 14.9 Å². The molecule has 0 unspecified atom stereocenters. The molecule has 0 aromatic carbocycles. The van der Waals surface area contributed by atoms with Crippen LogP contribution in [0.25, 0.3) is 0 Å². The van der Waals surface area contributed by atoms with Crippen LogP contribution in [0.3, 0.4) is 0 Å². The molecule has 8 nitrogen and oxygen atoms in total. The summed E-state index contributed by atoms with van der Waals surface area (Å²) in [4.78, 5) is 13.5. The topological polar surface area (TPSA) is 99.8 Å². The fraction of sp³-hybridized carbons (Fsp3) is 0.810. The smallest absolute Gasteiger partial charge is 0.320 e. The number of ether oxygens (including phenoxy) is 1. The number of aliphatic hydroxyl groups is 1. The molecule has 1 aromatic heterocycles. The molecule has 0 bridgehead atoms. The molecule has 2 aliphatic rings. The molecule has 0 radical (unpaired) electrons. The van der Waals surface area contributed by atoms with Crippen LogP contribution in [0.15, 0.2) is 0 Å². The standard InChI is InChI=1S/C21H38N6O2/c1-2-3-15-29-21-24-19(22)18-20(25-21)27(16-23-18)10-6-4-5-7-17-8-11-26(12-9-17)13-14-28/h17,23,28H,2-16H2,1H3,(H2,22,24,25). The molecule has 1 saturated heterocycles. The van der Waals surface area contributed by atoms with Crippen molar-refractivity contribution in [3.8, 4) is 6.01 Å². The SMILES string of the molecule is CCCCOc1nc(N)c2c(n1)N(CCCCCC1CCN(CCO)CC1)CN2. The number of piperidine rings is 1. The Bertz CT molecular complexity index is 621. The summed E-state index contributed by atoms with van der Waals surface area (Å²) < 4.78 is 5.66. The quantitative estimate of drug-likeness (QED) is 0.456. The number of hydrogen-bond acceptors (Lipinski definition) is 8. The van der Waals surface area contributed by atoms with Crippen LogP contribution < -0.4 is 20.7 Å². The summed E-state index contributed by atoms with van der Waals surface area (Å²) in [6, 6.07) is 0.385. The van der Waals surface area contributed by atoms with Gasteiger partial charge in [-0.1, -0.05) is 32.6 Å². The van der Waals surface area contributed by atoms with Gasteiger partial charge in [0.1, 0.15) is 5.69 Å². The summed E-state index contributed by atoms with van der Waals surface area (Å²) in [5.74, 6) is 2.20. The minimum absolute atomic E-state index is 0.280. The average Bonchev–Trinajstić information content (AvgIpc) is 3.13. The van der Waals surface area contributed by atoms with Crippen molar-refractivity contribution in [2.75, 3.05) is 62.0 Å². The summed E-state index contributed by atoms with van der Waals surface area (Å²) >= 11 is 0. The van der Waals surface area contributed by atoms with Gasteiger partial charge in [0.25, 0.3) is 0 Å². The lowest BCUT2D eigenvalue weighted by Crippen LogP contribution is -2.35. The van der Waals surface area contributed by atoms with Gasteiger partial charge in [0.2, 0.25) is 0 Å². The molecular formula is C21H38N6O2. The highest BCUT2D eigenvalue weighted by atomic mass is 16.5. The van der Waals surface area contributed by atoms with Crippen LogP contribution in [0, 0.1) is 5.92 Å². The van der Waals surface area contributed by atoms with Crippen molar-refractivity contribution in [2.24, 2.45) is 5.92 Å². The van der Waals surface area contributed by atoms with Crippen molar-refractivity contribution in [3.05, 3.63) is 0 Å². The molecule has 2 aliphatic heterocycles. The number of likely N-dealkylation sites (tertiary alicyclic amines) is 1. The van der Waals surface area contributed by atoms with E-state index < -0.39 is 0 Å². The van der Waals surface area contributed by atoms with Crippen LogP contribution >= 0.6 is 0 Å². The number of β-amino-alcohol motifs (C(OH)–C–C–N with tert-alkyl or cyclic N) is 1. The van der Waals surface area contributed by atoms with Crippen LogP contribution in [0.4, 0.5) is 17.3 Å². The second-order valence-corrected chi connectivity index (χ2v) is 8.25. The van der Waals surface area contributed by atoms with Gasteiger partial charge in [0.05, 0.1) is 19.9 Å². The Labute approximate surface area is 174 Å². The van der Waals surface area contributed by atoms with Gasteiger partial charge >= 0.3 is 6.01 Å². The molecule has 1 aromatic rings. The first kappa shape index (κ1) is 21.9. The molecule has 4 N–H and O–H groups in total. The molecule has 0 saturated carbocycles. The summed E-state index contributed by atoms with van der Waals surface area (Å²) in [7, 11) is 0. The molecule has 0 spiro atoms. The Hall–Kier alpha value is -1.80. The minimum Gasteiger partial charge on any atom is -0.463 e. The number of fused-ring (bicyclic) bond motifs is 1. The number of nitrogens with zero attached hydrogens (tertiary/aromatic N) is 4. The lowest BCUT2D eigenvalue weighted by molar-refractivity contribution is 0.143. The van der Waals surface area contributed by atoms with Crippen molar-refractivity contribution in [2.45, 2.75) is 58.3 Å². The summed E-state index contributed by atoms with van der Waals surface area (Å²) in [5, 5.41) is 12.4. The molecule has 0 amide bonds. The van der Waals surface area contributed by atoms with Gasteiger partial charge in [-0.05, 0) is 44.7 Å². The highest BCUT2D eigenvalue weighted by Gasteiger charge is 2.24. The van der Waals surface area contributed by atoms with Gasteiger partial charge in [-0.3, -0.25) is 0 Å². The largest absolute Gasteiger partial charge is 0.463 e. The van der Waals surface area contributed by atoms with Gasteiger partial charge in [-0.2, -0.15) is 9.97 Å². The van der Waals surface area contributed by atoms with Crippen LogP contribution in [0.1, 0.15) is 58.3 Å². The minimum atomic E-state index is 0.280. The number of rotatable bonds is 12. The normalized spacial score (nSPS) is 17.4. The fourth-order valence-corrected chi connectivity index (χ4v) is 4.20. The lowest BCUT2D eigenvalue weighted by atomic mass is 9.91. The number of nitrogens with two attached hydrogens (primary N) is 1. The second-order valence-electron chi connectivity index (χ2n) is 8.25. The van der Waals surface area contributed by atoms with Crippen molar-refractivity contribution >= 4 is 17.3 Å². The first-order chi connectivity index (χ1) is 14.2. The second kappa shape index (κ2) is 11.4. The number of nitrogen functional groups attached to an aromatic ring is 1. The Balaban J connectivity index is 1.37. The molecule has 164 valence electrons. The Morgan fingerprint density at radius 3 is 2.72 bits per heavy atom. The fourth-order valence-electron chi connectivity index (χ4n) is 4.20. The number of anilines is 3. The van der Waals surface area contributed by atoms with E-state index in [0.29, 0.717) is 18.4 Å². The monoisotopic (exact) mass is 406 g/mol. The van der Waals surface area contributed by atoms with E-state index in [1.165, 1.54) is 32.1 Å². The van der Waals surface area contributed by atoms with Gasteiger partial charge in [-0.25, -0.2) is 0 Å². The number of unbranched alkanes of at least 4 members (excludes halogenated alkanes) is 3. The molecule has 3 heterocycles. The van der Waals surface area contributed by atoms with Crippen LogP contribution in [0.2, 0.25) is 0 Å². The van der Waals surface area contributed by atoms with E-state index in [-0.39, 0.29) is 6.61 Å². The highest BCUT2D eigenvalue weighted by Crippen LogP contribution is 2.35. The Morgan fingerprint density at radius 2 is 1.97 bits per heavy atom. The van der Waals surface area contributed by atoms with E-state index in [2.05, 4.69) is 32.0 Å². The number of aliphatic hydroxyl groups excluding tert-OH is 1. The first-order valence-electron chi connectivity index (χ1n) is 11.3. The van der Waals surface area contributed by atoms with Gasteiger partial charge in [-0.15, -0.1) is 0 Å². The van der Waals surface area contributed by atoms with Gasteiger partial charge < -0.3 is 30.7 Å². The van der Waals surface area contributed by atoms with E-state index in [0.717, 1.165) is 69.5 Å². The third-order valence-electron chi connectivity index (χ3n) is 6.04. The van der Waals surface area contributed by atoms with Crippen LogP contribution in [-0.4, -0.2) is 66.0 Å². The van der Waals surface area contributed by atoms with Gasteiger partial charge in [0, 0.05) is 13.1 Å². The van der Waals surface area contributed by atoms with E-state index in [4.69, 9.17) is 15.6 Å². The van der Waals surface area contributed by atoms with Crippen molar-refractivity contribution < 1.29 is 9.84 Å². The number of aromatic nitrogens is 2. The zero-order chi connectivity index (χ0) is 20.5. The highest BCUT2D eigenvalue weighted by molar-refractivity contribution is 5.80. The molecule has 8 heteroatoms. The third-order valence-corrected chi connectivity index (χ3v) is 6.04. The summed E-state index contributed by atoms with van der Waals surface area (Å²) in [6.45, 7) is 7.86. The molecule has 0 aliphatic carbocycles. The maximum absolute atomic E-state index is 9.04. The molecule has 3 rings (SSSR count). The predicted octanol–water partition coefficient (Wildman–Crippen LogP) is 2.69. The van der Waals surface area contributed by atoms with E-state index in [1.54, 1.807) is 0 Å². The van der Waals surface area contributed by atoms with E-state index in [9.17, 15) is 0 Å².